The number of sulfone groups is 1. The molecule has 1 aliphatic heterocycles. The lowest BCUT2D eigenvalue weighted by molar-refractivity contribution is 0.0972. The topological polar surface area (TPSA) is 63.2 Å². The maximum atomic E-state index is 12.7. The highest BCUT2D eigenvalue weighted by Crippen LogP contribution is 2.40. The van der Waals surface area contributed by atoms with Crippen LogP contribution in [0, 0.1) is 5.92 Å². The number of rotatable bonds is 5. The summed E-state index contributed by atoms with van der Waals surface area (Å²) >= 11 is 0. The van der Waals surface area contributed by atoms with E-state index in [0.29, 0.717) is 17.9 Å². The molecule has 1 heterocycles. The molecule has 2 rings (SSSR count). The lowest BCUT2D eigenvalue weighted by Crippen LogP contribution is -2.37. The van der Waals surface area contributed by atoms with Crippen LogP contribution in [0.4, 0.5) is 5.69 Å². The highest BCUT2D eigenvalue weighted by atomic mass is 32.2. The molecule has 0 aromatic heterocycles. The van der Waals surface area contributed by atoms with E-state index in [1.807, 2.05) is 19.1 Å². The van der Waals surface area contributed by atoms with Crippen molar-refractivity contribution >= 4 is 21.3 Å². The van der Waals surface area contributed by atoms with Gasteiger partial charge in [0.2, 0.25) is 0 Å². The fraction of sp³-hybridized carbons (Fsp3) is 0.526. The molecule has 1 aliphatic rings. The molecular formula is C19H27NO3S. The van der Waals surface area contributed by atoms with Gasteiger partial charge in [0.25, 0.3) is 0 Å². The Morgan fingerprint density at radius 1 is 1.42 bits per heavy atom. The number of hydrogen-bond donors (Lipinski definition) is 1. The molecular weight excluding hydrogens is 322 g/mol. The van der Waals surface area contributed by atoms with E-state index in [0.717, 1.165) is 18.4 Å². The lowest BCUT2D eigenvalue weighted by Gasteiger charge is -2.38. The van der Waals surface area contributed by atoms with Gasteiger partial charge in [-0.3, -0.25) is 4.79 Å². The second-order valence-corrected chi connectivity index (χ2v) is 9.58. The van der Waals surface area contributed by atoms with Crippen molar-refractivity contribution in [3.05, 3.63) is 40.8 Å². The number of carbonyl (C=O) groups excluding carboxylic acids is 1. The van der Waals surface area contributed by atoms with E-state index in [-0.39, 0.29) is 17.2 Å². The van der Waals surface area contributed by atoms with Gasteiger partial charge in [0.15, 0.2) is 15.6 Å². The number of benzene rings is 1. The molecule has 24 heavy (non-hydrogen) atoms. The highest BCUT2D eigenvalue weighted by Gasteiger charge is 2.31. The molecule has 0 radical (unpaired) electrons. The van der Waals surface area contributed by atoms with Crippen LogP contribution in [0.1, 0.15) is 62.4 Å². The van der Waals surface area contributed by atoms with Gasteiger partial charge in [-0.15, -0.1) is 0 Å². The SMILES string of the molecule is C[C@@H]1CC(C)(C)Nc2c(C(=O)C[C@@H](C)/C=C/S(C)(=O)=O)cccc21. The Morgan fingerprint density at radius 3 is 2.71 bits per heavy atom. The first kappa shape index (κ1) is 18.7. The van der Waals surface area contributed by atoms with Gasteiger partial charge in [-0.2, -0.15) is 0 Å². The number of anilines is 1. The van der Waals surface area contributed by atoms with E-state index in [1.165, 1.54) is 11.0 Å². The van der Waals surface area contributed by atoms with Crippen molar-refractivity contribution in [3.63, 3.8) is 0 Å². The number of Topliss-reactive ketones (excluding diaryl/α,β-unsaturated/α-hetero) is 1. The van der Waals surface area contributed by atoms with Crippen LogP contribution >= 0.6 is 0 Å². The van der Waals surface area contributed by atoms with Gasteiger partial charge < -0.3 is 5.32 Å². The van der Waals surface area contributed by atoms with Crippen LogP contribution in [0.3, 0.4) is 0 Å². The zero-order valence-electron chi connectivity index (χ0n) is 15.1. The largest absolute Gasteiger partial charge is 0.379 e. The Hall–Kier alpha value is -1.62. The Morgan fingerprint density at radius 2 is 2.08 bits per heavy atom. The van der Waals surface area contributed by atoms with Crippen LogP contribution in [-0.4, -0.2) is 26.0 Å². The molecule has 0 unspecified atom stereocenters. The van der Waals surface area contributed by atoms with Crippen molar-refractivity contribution in [2.75, 3.05) is 11.6 Å². The van der Waals surface area contributed by atoms with Crippen LogP contribution < -0.4 is 5.32 Å². The maximum Gasteiger partial charge on any atom is 0.168 e. The van der Waals surface area contributed by atoms with Crippen molar-refractivity contribution in [2.24, 2.45) is 5.92 Å². The van der Waals surface area contributed by atoms with Crippen LogP contribution in [0.5, 0.6) is 0 Å². The van der Waals surface area contributed by atoms with Crippen molar-refractivity contribution in [2.45, 2.75) is 52.0 Å². The number of hydrogen-bond acceptors (Lipinski definition) is 4. The molecule has 5 heteroatoms. The second kappa shape index (κ2) is 6.71. The van der Waals surface area contributed by atoms with Crippen molar-refractivity contribution in [1.29, 1.82) is 0 Å². The number of fused-ring (bicyclic) bond motifs is 1. The summed E-state index contributed by atoms with van der Waals surface area (Å²) in [5.74, 6) is 0.304. The molecule has 1 aromatic carbocycles. The Balaban J connectivity index is 2.25. The molecule has 0 fully saturated rings. The standard InChI is InChI=1S/C19H27NO3S/c1-13(9-10-24(5,22)23)11-17(21)16-8-6-7-15-14(2)12-19(3,4)20-18(15)16/h6-10,13-14,20H,11-12H2,1-5H3/b10-9+/t13-,14+/m0/s1. The van der Waals surface area contributed by atoms with Crippen LogP contribution in [0.15, 0.2) is 29.7 Å². The molecule has 0 bridgehead atoms. The summed E-state index contributed by atoms with van der Waals surface area (Å²) in [6.45, 7) is 8.33. The first-order valence-corrected chi connectivity index (χ1v) is 10.3. The summed E-state index contributed by atoms with van der Waals surface area (Å²) in [5, 5.41) is 4.69. The minimum atomic E-state index is -3.16. The van der Waals surface area contributed by atoms with Gasteiger partial charge in [0.1, 0.15) is 0 Å². The van der Waals surface area contributed by atoms with E-state index in [4.69, 9.17) is 0 Å². The van der Waals surface area contributed by atoms with Gasteiger partial charge in [-0.25, -0.2) is 8.42 Å². The Kier molecular flexibility index (Phi) is 5.23. The quantitative estimate of drug-likeness (QED) is 0.811. The molecule has 0 aliphatic carbocycles. The summed E-state index contributed by atoms with van der Waals surface area (Å²) in [6, 6.07) is 5.86. The molecule has 0 saturated heterocycles. The molecule has 4 nitrogen and oxygen atoms in total. The van der Waals surface area contributed by atoms with Crippen LogP contribution in [0.2, 0.25) is 0 Å². The zero-order valence-corrected chi connectivity index (χ0v) is 15.9. The minimum absolute atomic E-state index is 0.0369. The minimum Gasteiger partial charge on any atom is -0.379 e. The molecule has 1 aromatic rings. The van der Waals surface area contributed by atoms with E-state index in [2.05, 4.69) is 32.2 Å². The van der Waals surface area contributed by atoms with Gasteiger partial charge in [0.05, 0.1) is 0 Å². The van der Waals surface area contributed by atoms with Crippen molar-refractivity contribution < 1.29 is 13.2 Å². The Bertz CT molecular complexity index is 763. The van der Waals surface area contributed by atoms with Crippen molar-refractivity contribution in [1.82, 2.24) is 0 Å². The summed E-state index contributed by atoms with van der Waals surface area (Å²) < 4.78 is 22.4. The van der Waals surface area contributed by atoms with Crippen LogP contribution in [0.25, 0.3) is 0 Å². The lowest BCUT2D eigenvalue weighted by atomic mass is 9.80. The number of carbonyl (C=O) groups is 1. The summed E-state index contributed by atoms with van der Waals surface area (Å²) in [7, 11) is -3.16. The number of ketones is 1. The average molecular weight is 349 g/mol. The molecule has 0 amide bonds. The number of para-hydroxylation sites is 1. The Labute approximate surface area is 145 Å². The average Bonchev–Trinajstić information content (AvgIpc) is 2.42. The number of nitrogens with one attached hydrogen (secondary N) is 1. The van der Waals surface area contributed by atoms with Crippen molar-refractivity contribution in [3.8, 4) is 0 Å². The van der Waals surface area contributed by atoms with Gasteiger partial charge >= 0.3 is 0 Å². The molecule has 1 N–H and O–H groups in total. The third-order valence-corrected chi connectivity index (χ3v) is 5.02. The summed E-state index contributed by atoms with van der Waals surface area (Å²) in [6.07, 6.45) is 4.05. The fourth-order valence-corrected chi connectivity index (χ4v) is 3.92. The first-order chi connectivity index (χ1) is 11.0. The normalized spacial score (nSPS) is 21.1. The van der Waals surface area contributed by atoms with E-state index in [9.17, 15) is 13.2 Å². The maximum absolute atomic E-state index is 12.7. The predicted octanol–water partition coefficient (Wildman–Crippen LogP) is 4.15. The molecule has 132 valence electrons. The second-order valence-electron chi connectivity index (χ2n) is 7.65. The van der Waals surface area contributed by atoms with E-state index in [1.54, 1.807) is 6.08 Å². The fourth-order valence-electron chi connectivity index (χ4n) is 3.36. The molecule has 0 spiro atoms. The smallest absolute Gasteiger partial charge is 0.168 e. The van der Waals surface area contributed by atoms with E-state index < -0.39 is 9.84 Å². The third kappa shape index (κ3) is 4.69. The van der Waals surface area contributed by atoms with E-state index >= 15 is 0 Å². The zero-order chi connectivity index (χ0) is 18.1. The van der Waals surface area contributed by atoms with Crippen LogP contribution in [-0.2, 0) is 9.84 Å². The molecule has 0 saturated carbocycles. The third-order valence-electron chi connectivity index (χ3n) is 4.37. The summed E-state index contributed by atoms with van der Waals surface area (Å²) in [5.41, 5.74) is 2.77. The predicted molar refractivity (Wildman–Crippen MR) is 99.3 cm³/mol. The summed E-state index contributed by atoms with van der Waals surface area (Å²) in [4.78, 5) is 12.7. The van der Waals surface area contributed by atoms with Gasteiger partial charge in [0, 0.05) is 34.9 Å². The molecule has 2 atom stereocenters. The highest BCUT2D eigenvalue weighted by molar-refractivity contribution is 7.93. The first-order valence-electron chi connectivity index (χ1n) is 8.31. The number of allylic oxidation sites excluding steroid dienone is 1. The monoisotopic (exact) mass is 349 g/mol. The van der Waals surface area contributed by atoms with Gasteiger partial charge in [-0.05, 0) is 43.7 Å². The van der Waals surface area contributed by atoms with Gasteiger partial charge in [-0.1, -0.05) is 32.1 Å².